The zero-order chi connectivity index (χ0) is 17.1. The van der Waals surface area contributed by atoms with Crippen molar-refractivity contribution in [1.82, 2.24) is 20.3 Å². The lowest BCUT2D eigenvalue weighted by Gasteiger charge is -2.28. The molecular weight excluding hydrogens is 312 g/mol. The van der Waals surface area contributed by atoms with Gasteiger partial charge in [-0.3, -0.25) is 0 Å². The molecule has 130 valence electrons. The third-order valence-electron chi connectivity index (χ3n) is 4.77. The number of aromatic amines is 1. The Balaban J connectivity index is 1.42. The molecule has 1 aliphatic rings. The summed E-state index contributed by atoms with van der Waals surface area (Å²) >= 11 is 0. The second-order valence-electron chi connectivity index (χ2n) is 6.43. The average Bonchev–Trinajstić information content (AvgIpc) is 2.98. The fraction of sp³-hybridized carbons (Fsp3) is 0.368. The second-order valence-corrected chi connectivity index (χ2v) is 6.43. The van der Waals surface area contributed by atoms with Gasteiger partial charge in [-0.2, -0.15) is 4.98 Å². The predicted octanol–water partition coefficient (Wildman–Crippen LogP) is 2.33. The largest absolute Gasteiger partial charge is 0.358 e. The highest BCUT2D eigenvalue weighted by atomic mass is 15.3. The summed E-state index contributed by atoms with van der Waals surface area (Å²) in [5.41, 5.74) is 3.80. The molecule has 0 unspecified atom stereocenters. The molecule has 3 heterocycles. The van der Waals surface area contributed by atoms with E-state index in [1.165, 1.54) is 22.2 Å². The maximum absolute atomic E-state index is 4.67. The Morgan fingerprint density at radius 3 is 2.88 bits per heavy atom. The van der Waals surface area contributed by atoms with E-state index in [-0.39, 0.29) is 0 Å². The van der Waals surface area contributed by atoms with Gasteiger partial charge >= 0.3 is 0 Å². The number of para-hydroxylation sites is 1. The molecule has 0 amide bonds. The summed E-state index contributed by atoms with van der Waals surface area (Å²) in [6, 6.07) is 10.4. The van der Waals surface area contributed by atoms with Crippen LogP contribution >= 0.6 is 0 Å². The second kappa shape index (κ2) is 7.11. The number of nitrogens with one attached hydrogen (secondary N) is 3. The van der Waals surface area contributed by atoms with E-state index >= 15 is 0 Å². The van der Waals surface area contributed by atoms with Crippen molar-refractivity contribution in [1.29, 1.82) is 0 Å². The van der Waals surface area contributed by atoms with Crippen LogP contribution in [0.2, 0.25) is 0 Å². The molecule has 6 heteroatoms. The number of hydrogen-bond acceptors (Lipinski definition) is 5. The maximum atomic E-state index is 4.67. The molecule has 0 radical (unpaired) electrons. The highest BCUT2D eigenvalue weighted by Crippen LogP contribution is 2.22. The monoisotopic (exact) mass is 336 g/mol. The Hall–Kier alpha value is -2.60. The van der Waals surface area contributed by atoms with Crippen molar-refractivity contribution in [2.24, 2.45) is 0 Å². The van der Waals surface area contributed by atoms with Gasteiger partial charge in [-0.05, 0) is 31.0 Å². The topological polar surface area (TPSA) is 68.9 Å². The first-order valence-electron chi connectivity index (χ1n) is 8.90. The van der Waals surface area contributed by atoms with E-state index in [1.807, 2.05) is 12.3 Å². The smallest absolute Gasteiger partial charge is 0.224 e. The van der Waals surface area contributed by atoms with Crippen molar-refractivity contribution in [2.45, 2.75) is 13.3 Å². The van der Waals surface area contributed by atoms with Gasteiger partial charge in [0.15, 0.2) is 0 Å². The van der Waals surface area contributed by atoms with Crippen LogP contribution in [0.15, 0.2) is 36.5 Å². The van der Waals surface area contributed by atoms with Gasteiger partial charge in [0.2, 0.25) is 5.95 Å². The van der Waals surface area contributed by atoms with E-state index in [2.05, 4.69) is 61.7 Å². The first kappa shape index (κ1) is 15.9. The predicted molar refractivity (Wildman–Crippen MR) is 102 cm³/mol. The maximum Gasteiger partial charge on any atom is 0.224 e. The van der Waals surface area contributed by atoms with Crippen molar-refractivity contribution in [3.05, 3.63) is 47.8 Å². The SMILES string of the molecule is Cc1[nH]c2ccccc2c1CCNc1nccc(N2CCNCC2)n1. The minimum atomic E-state index is 0.702. The number of aromatic nitrogens is 3. The summed E-state index contributed by atoms with van der Waals surface area (Å²) in [5.74, 6) is 1.70. The van der Waals surface area contributed by atoms with E-state index in [0.29, 0.717) is 5.95 Å². The summed E-state index contributed by atoms with van der Waals surface area (Å²) in [6.07, 6.45) is 2.78. The van der Waals surface area contributed by atoms with E-state index in [9.17, 15) is 0 Å². The van der Waals surface area contributed by atoms with E-state index < -0.39 is 0 Å². The number of rotatable bonds is 5. The number of piperazine rings is 1. The number of hydrogen-bond donors (Lipinski definition) is 3. The molecule has 0 aliphatic carbocycles. The molecule has 3 aromatic rings. The van der Waals surface area contributed by atoms with Gasteiger partial charge in [-0.15, -0.1) is 0 Å². The van der Waals surface area contributed by atoms with Gasteiger partial charge in [-0.1, -0.05) is 18.2 Å². The molecule has 25 heavy (non-hydrogen) atoms. The average molecular weight is 336 g/mol. The Labute approximate surface area is 147 Å². The minimum absolute atomic E-state index is 0.702. The van der Waals surface area contributed by atoms with Crippen LogP contribution in [0.3, 0.4) is 0 Å². The summed E-state index contributed by atoms with van der Waals surface area (Å²) in [4.78, 5) is 14.8. The van der Waals surface area contributed by atoms with Crippen LogP contribution in [0.25, 0.3) is 10.9 Å². The van der Waals surface area contributed by atoms with Gasteiger partial charge in [0.05, 0.1) is 0 Å². The van der Waals surface area contributed by atoms with Gasteiger partial charge in [0.25, 0.3) is 0 Å². The quantitative estimate of drug-likeness (QED) is 0.667. The summed E-state index contributed by atoms with van der Waals surface area (Å²) < 4.78 is 0. The van der Waals surface area contributed by atoms with Crippen molar-refractivity contribution >= 4 is 22.7 Å². The highest BCUT2D eigenvalue weighted by molar-refractivity contribution is 5.84. The van der Waals surface area contributed by atoms with Crippen molar-refractivity contribution in [3.8, 4) is 0 Å². The first-order valence-corrected chi connectivity index (χ1v) is 8.90. The fourth-order valence-electron chi connectivity index (χ4n) is 3.46. The molecule has 0 bridgehead atoms. The van der Waals surface area contributed by atoms with Crippen LogP contribution in [0.1, 0.15) is 11.3 Å². The molecule has 0 atom stereocenters. The van der Waals surface area contributed by atoms with Crippen LogP contribution < -0.4 is 15.5 Å². The molecule has 1 fully saturated rings. The third-order valence-corrected chi connectivity index (χ3v) is 4.77. The number of nitrogens with zero attached hydrogens (tertiary/aromatic N) is 3. The highest BCUT2D eigenvalue weighted by Gasteiger charge is 2.12. The zero-order valence-electron chi connectivity index (χ0n) is 14.5. The normalized spacial score (nSPS) is 14.8. The summed E-state index contributed by atoms with van der Waals surface area (Å²) in [5, 5.41) is 8.04. The van der Waals surface area contributed by atoms with Crippen molar-refractivity contribution in [2.75, 3.05) is 42.9 Å². The summed E-state index contributed by atoms with van der Waals surface area (Å²) in [6.45, 7) is 6.94. The van der Waals surface area contributed by atoms with E-state index in [0.717, 1.165) is 45.0 Å². The molecule has 4 rings (SSSR count). The molecule has 1 aliphatic heterocycles. The Kier molecular flexibility index (Phi) is 4.52. The first-order chi connectivity index (χ1) is 12.3. The standard InChI is InChI=1S/C19H24N6/c1-14-15(16-4-2-3-5-17(16)23-14)6-8-21-19-22-9-7-18(24-19)25-12-10-20-11-13-25/h2-5,7,9,20,23H,6,8,10-13H2,1H3,(H,21,22,24). The fourth-order valence-corrected chi connectivity index (χ4v) is 3.46. The van der Waals surface area contributed by atoms with Gasteiger partial charge < -0.3 is 20.5 Å². The van der Waals surface area contributed by atoms with Crippen LogP contribution in [0.5, 0.6) is 0 Å². The number of benzene rings is 1. The van der Waals surface area contributed by atoms with Crippen molar-refractivity contribution in [3.63, 3.8) is 0 Å². The lowest BCUT2D eigenvalue weighted by Crippen LogP contribution is -2.43. The van der Waals surface area contributed by atoms with Gasteiger partial charge in [0.1, 0.15) is 5.82 Å². The van der Waals surface area contributed by atoms with Gasteiger partial charge in [-0.25, -0.2) is 4.98 Å². The van der Waals surface area contributed by atoms with Crippen LogP contribution in [-0.4, -0.2) is 47.7 Å². The summed E-state index contributed by atoms with van der Waals surface area (Å²) in [7, 11) is 0. The number of H-pyrrole nitrogens is 1. The number of anilines is 2. The van der Waals surface area contributed by atoms with Crippen molar-refractivity contribution < 1.29 is 0 Å². The lowest BCUT2D eigenvalue weighted by atomic mass is 10.1. The molecule has 1 saturated heterocycles. The van der Waals surface area contributed by atoms with Crippen LogP contribution in [0.4, 0.5) is 11.8 Å². The third kappa shape index (κ3) is 3.44. The van der Waals surface area contributed by atoms with E-state index in [1.54, 1.807) is 0 Å². The lowest BCUT2D eigenvalue weighted by molar-refractivity contribution is 0.584. The van der Waals surface area contributed by atoms with Gasteiger partial charge in [0, 0.05) is 55.5 Å². The zero-order valence-corrected chi connectivity index (χ0v) is 14.5. The van der Waals surface area contributed by atoms with Crippen LogP contribution in [-0.2, 0) is 6.42 Å². The molecule has 1 aromatic carbocycles. The number of fused-ring (bicyclic) bond motifs is 1. The number of aryl methyl sites for hydroxylation is 1. The minimum Gasteiger partial charge on any atom is -0.358 e. The Morgan fingerprint density at radius 2 is 2.00 bits per heavy atom. The Bertz CT molecular complexity index is 850. The molecular formula is C19H24N6. The molecule has 2 aromatic heterocycles. The molecule has 3 N–H and O–H groups in total. The molecule has 0 spiro atoms. The van der Waals surface area contributed by atoms with E-state index in [4.69, 9.17) is 0 Å². The Morgan fingerprint density at radius 1 is 1.16 bits per heavy atom. The molecule has 6 nitrogen and oxygen atoms in total. The molecule has 0 saturated carbocycles. The van der Waals surface area contributed by atoms with Crippen LogP contribution in [0, 0.1) is 6.92 Å².